The average Bonchev–Trinajstić information content (AvgIpc) is 2.35. The summed E-state index contributed by atoms with van der Waals surface area (Å²) in [5.74, 6) is -0.0124. The summed E-state index contributed by atoms with van der Waals surface area (Å²) in [6, 6.07) is 0. The van der Waals surface area contributed by atoms with Crippen LogP contribution in [0.15, 0.2) is 12.2 Å². The summed E-state index contributed by atoms with van der Waals surface area (Å²) in [6.07, 6.45) is 7.44. The molecular weight excluding hydrogens is 206 g/mol. The molecule has 0 heterocycles. The number of amides is 1. The smallest absolute Gasteiger partial charge is 0.222 e. The zero-order valence-corrected chi connectivity index (χ0v) is 9.87. The van der Waals surface area contributed by atoms with Crippen LogP contribution in [0, 0.1) is 5.41 Å². The van der Waals surface area contributed by atoms with Crippen molar-refractivity contribution in [3.8, 4) is 0 Å². The van der Waals surface area contributed by atoms with Gasteiger partial charge in [-0.05, 0) is 19.3 Å². The van der Waals surface area contributed by atoms with Crippen molar-refractivity contribution >= 4 is 5.91 Å². The molecule has 0 bridgehead atoms. The Labute approximate surface area is 96.7 Å². The first-order valence-electron chi connectivity index (χ1n) is 5.77. The number of rotatable bonds is 6. The van der Waals surface area contributed by atoms with Crippen molar-refractivity contribution in [3.05, 3.63) is 12.2 Å². The van der Waals surface area contributed by atoms with Crippen LogP contribution in [0.1, 0.15) is 25.7 Å². The molecule has 1 amide bonds. The lowest BCUT2D eigenvalue weighted by molar-refractivity contribution is -0.122. The molecule has 0 aromatic heterocycles. The van der Waals surface area contributed by atoms with Gasteiger partial charge in [-0.1, -0.05) is 12.2 Å². The molecule has 0 saturated heterocycles. The third-order valence-electron chi connectivity index (χ3n) is 3.05. The number of ether oxygens (including phenoxy) is 1. The van der Waals surface area contributed by atoms with Gasteiger partial charge in [-0.25, -0.2) is 0 Å². The van der Waals surface area contributed by atoms with Gasteiger partial charge in [0.05, 0.1) is 19.8 Å². The quantitative estimate of drug-likeness (QED) is 0.522. The molecule has 1 aliphatic carbocycles. The second-order valence-electron chi connectivity index (χ2n) is 4.35. The van der Waals surface area contributed by atoms with E-state index in [9.17, 15) is 9.90 Å². The molecule has 0 aromatic carbocycles. The first-order chi connectivity index (χ1) is 7.72. The summed E-state index contributed by atoms with van der Waals surface area (Å²) in [5.41, 5.74) is -0.128. The fourth-order valence-corrected chi connectivity index (χ4v) is 1.84. The normalized spacial score (nSPS) is 24.4. The van der Waals surface area contributed by atoms with Gasteiger partial charge < -0.3 is 15.2 Å². The van der Waals surface area contributed by atoms with Gasteiger partial charge in [0.25, 0.3) is 0 Å². The van der Waals surface area contributed by atoms with Gasteiger partial charge in [0, 0.05) is 18.9 Å². The van der Waals surface area contributed by atoms with E-state index in [1.807, 2.05) is 0 Å². The van der Waals surface area contributed by atoms with Crippen LogP contribution in [0.3, 0.4) is 0 Å². The van der Waals surface area contributed by atoms with Crippen molar-refractivity contribution in [1.29, 1.82) is 0 Å². The maximum atomic E-state index is 11.0. The summed E-state index contributed by atoms with van der Waals surface area (Å²) in [6.45, 7) is 1.10. The zero-order valence-electron chi connectivity index (χ0n) is 9.87. The van der Waals surface area contributed by atoms with Crippen molar-refractivity contribution < 1.29 is 14.6 Å². The van der Waals surface area contributed by atoms with Gasteiger partial charge >= 0.3 is 0 Å². The molecule has 1 atom stereocenters. The third kappa shape index (κ3) is 3.94. The van der Waals surface area contributed by atoms with E-state index in [0.717, 1.165) is 19.3 Å². The van der Waals surface area contributed by atoms with Crippen molar-refractivity contribution in [2.24, 2.45) is 5.41 Å². The summed E-state index contributed by atoms with van der Waals surface area (Å²) in [5, 5.41) is 12.0. The van der Waals surface area contributed by atoms with E-state index in [4.69, 9.17) is 4.74 Å². The second kappa shape index (κ2) is 6.66. The number of allylic oxidation sites excluding steroid dienone is 2. The molecule has 0 aromatic rings. The van der Waals surface area contributed by atoms with Crippen LogP contribution in [0.25, 0.3) is 0 Å². The lowest BCUT2D eigenvalue weighted by Crippen LogP contribution is -2.32. The van der Waals surface area contributed by atoms with Crippen LogP contribution in [0.4, 0.5) is 0 Å². The van der Waals surface area contributed by atoms with Gasteiger partial charge in [0.1, 0.15) is 0 Å². The third-order valence-corrected chi connectivity index (χ3v) is 3.05. The Balaban J connectivity index is 2.24. The lowest BCUT2D eigenvalue weighted by atomic mass is 9.78. The van der Waals surface area contributed by atoms with Crippen LogP contribution in [-0.2, 0) is 9.53 Å². The predicted octanol–water partition coefficient (Wildman–Crippen LogP) is 0.858. The molecule has 0 spiro atoms. The van der Waals surface area contributed by atoms with Crippen LogP contribution >= 0.6 is 0 Å². The Morgan fingerprint density at radius 2 is 2.38 bits per heavy atom. The highest BCUT2D eigenvalue weighted by Crippen LogP contribution is 2.32. The first-order valence-corrected chi connectivity index (χ1v) is 5.77. The number of aliphatic hydroxyl groups is 1. The molecule has 16 heavy (non-hydrogen) atoms. The predicted molar refractivity (Wildman–Crippen MR) is 62.0 cm³/mol. The van der Waals surface area contributed by atoms with Crippen molar-refractivity contribution in [2.75, 3.05) is 26.9 Å². The highest BCUT2D eigenvalue weighted by atomic mass is 16.5. The van der Waals surface area contributed by atoms with Gasteiger partial charge in [-0.15, -0.1) is 0 Å². The Bertz CT molecular complexity index is 253. The molecule has 0 aliphatic heterocycles. The van der Waals surface area contributed by atoms with Crippen LogP contribution in [-0.4, -0.2) is 37.9 Å². The molecule has 4 nitrogen and oxygen atoms in total. The number of carbonyl (C=O) groups is 1. The largest absolute Gasteiger partial charge is 0.396 e. The molecule has 1 aliphatic rings. The number of nitrogens with one attached hydrogen (secondary N) is 1. The van der Waals surface area contributed by atoms with Crippen LogP contribution in [0.5, 0.6) is 0 Å². The fraction of sp³-hybridized carbons (Fsp3) is 0.750. The van der Waals surface area contributed by atoms with Gasteiger partial charge in [0.15, 0.2) is 0 Å². The molecule has 1 unspecified atom stereocenters. The zero-order chi connectivity index (χ0) is 11.9. The van der Waals surface area contributed by atoms with Crippen LogP contribution < -0.4 is 5.32 Å². The lowest BCUT2D eigenvalue weighted by Gasteiger charge is -2.32. The minimum Gasteiger partial charge on any atom is -0.396 e. The standard InChI is InChI=1S/C12H21NO3/c1-13-11(15)5-8-16-10-12(9-14)6-3-2-4-7-12/h2-3,14H,4-10H2,1H3,(H,13,15). The Morgan fingerprint density at radius 3 is 2.94 bits per heavy atom. The highest BCUT2D eigenvalue weighted by molar-refractivity contribution is 5.75. The Hall–Kier alpha value is -0.870. The molecule has 2 N–H and O–H groups in total. The molecule has 92 valence electrons. The van der Waals surface area contributed by atoms with Crippen molar-refractivity contribution in [3.63, 3.8) is 0 Å². The van der Waals surface area contributed by atoms with Crippen molar-refractivity contribution in [1.82, 2.24) is 5.32 Å². The minimum absolute atomic E-state index is 0.0124. The SMILES string of the molecule is CNC(=O)CCOCC1(CO)CC=CCC1. The topological polar surface area (TPSA) is 58.6 Å². The first kappa shape index (κ1) is 13.2. The summed E-state index contributed by atoms with van der Waals surface area (Å²) >= 11 is 0. The molecule has 0 saturated carbocycles. The van der Waals surface area contributed by atoms with Crippen molar-refractivity contribution in [2.45, 2.75) is 25.7 Å². The summed E-state index contributed by atoms with van der Waals surface area (Å²) in [4.78, 5) is 11.0. The minimum atomic E-state index is -0.128. The second-order valence-corrected chi connectivity index (χ2v) is 4.35. The Kier molecular flexibility index (Phi) is 5.49. The van der Waals surface area contributed by atoms with E-state index in [0.29, 0.717) is 19.6 Å². The van der Waals surface area contributed by atoms with E-state index in [2.05, 4.69) is 17.5 Å². The van der Waals surface area contributed by atoms with Gasteiger partial charge in [-0.3, -0.25) is 4.79 Å². The molecule has 0 radical (unpaired) electrons. The summed E-state index contributed by atoms with van der Waals surface area (Å²) in [7, 11) is 1.61. The van der Waals surface area contributed by atoms with E-state index < -0.39 is 0 Å². The van der Waals surface area contributed by atoms with E-state index in [1.165, 1.54) is 0 Å². The van der Waals surface area contributed by atoms with Gasteiger partial charge in [-0.2, -0.15) is 0 Å². The molecular formula is C12H21NO3. The number of hydrogen-bond acceptors (Lipinski definition) is 3. The van der Waals surface area contributed by atoms with Gasteiger partial charge in [0.2, 0.25) is 5.91 Å². The Morgan fingerprint density at radius 1 is 1.56 bits per heavy atom. The molecule has 0 fully saturated rings. The molecule has 4 heteroatoms. The monoisotopic (exact) mass is 227 g/mol. The number of hydrogen-bond donors (Lipinski definition) is 2. The van der Waals surface area contributed by atoms with E-state index in [1.54, 1.807) is 7.05 Å². The fourth-order valence-electron chi connectivity index (χ4n) is 1.84. The molecule has 1 rings (SSSR count). The number of carbonyl (C=O) groups excluding carboxylic acids is 1. The number of aliphatic hydroxyl groups excluding tert-OH is 1. The maximum absolute atomic E-state index is 11.0. The highest BCUT2D eigenvalue weighted by Gasteiger charge is 2.29. The average molecular weight is 227 g/mol. The maximum Gasteiger partial charge on any atom is 0.222 e. The summed E-state index contributed by atoms with van der Waals surface area (Å²) < 4.78 is 5.49. The van der Waals surface area contributed by atoms with E-state index >= 15 is 0 Å². The van der Waals surface area contributed by atoms with Crippen LogP contribution in [0.2, 0.25) is 0 Å². The van der Waals surface area contributed by atoms with E-state index in [-0.39, 0.29) is 17.9 Å².